The van der Waals surface area contributed by atoms with E-state index in [1.165, 1.54) is 24.3 Å². The molecule has 0 bridgehead atoms. The average molecular weight is 395 g/mol. The highest BCUT2D eigenvalue weighted by molar-refractivity contribution is 7.91. The molecule has 3 N–H and O–H groups in total. The van der Waals surface area contributed by atoms with Crippen LogP contribution < -0.4 is 11.1 Å². The molecule has 2 rings (SSSR count). The van der Waals surface area contributed by atoms with Crippen molar-refractivity contribution in [2.75, 3.05) is 5.32 Å². The molecular weight excluding hydrogens is 385 g/mol. The van der Waals surface area contributed by atoms with Gasteiger partial charge in [0.25, 0.3) is 0 Å². The third-order valence-electron chi connectivity index (χ3n) is 2.99. The Bertz CT molecular complexity index is 882. The smallest absolute Gasteiger partial charge is 0.376 e. The summed E-state index contributed by atoms with van der Waals surface area (Å²) in [5.41, 5.74) is 4.54. The van der Waals surface area contributed by atoms with Gasteiger partial charge in [-0.25, -0.2) is 8.42 Å². The maximum Gasteiger partial charge on any atom is 0.417 e. The molecule has 0 aliphatic carbocycles. The van der Waals surface area contributed by atoms with Crippen molar-refractivity contribution in [3.05, 3.63) is 53.1 Å². The number of thiocarbonyl (C=S) groups is 1. The van der Waals surface area contributed by atoms with Crippen LogP contribution in [0.25, 0.3) is 0 Å². The molecule has 0 aliphatic heterocycles. The van der Waals surface area contributed by atoms with Gasteiger partial charge in [0.2, 0.25) is 9.84 Å². The first-order valence-corrected chi connectivity index (χ1v) is 8.57. The van der Waals surface area contributed by atoms with Crippen LogP contribution in [0, 0.1) is 0 Å². The lowest BCUT2D eigenvalue weighted by Gasteiger charge is -2.12. The molecular formula is C14H10ClF3N2O2S2. The van der Waals surface area contributed by atoms with Gasteiger partial charge in [-0.15, -0.1) is 0 Å². The van der Waals surface area contributed by atoms with Gasteiger partial charge in [-0.05, 0) is 54.7 Å². The molecule has 0 unspecified atom stereocenters. The fraction of sp³-hybridized carbons (Fsp3) is 0.0714. The molecule has 0 aliphatic rings. The van der Waals surface area contributed by atoms with Crippen LogP contribution in [0.15, 0.2) is 52.3 Å². The van der Waals surface area contributed by atoms with Crippen molar-refractivity contribution in [1.82, 2.24) is 0 Å². The number of halogens is 4. The van der Waals surface area contributed by atoms with Crippen molar-refractivity contribution in [3.63, 3.8) is 0 Å². The quantitative estimate of drug-likeness (QED) is 0.774. The maximum atomic E-state index is 12.9. The molecule has 0 amide bonds. The molecule has 2 aromatic carbocycles. The van der Waals surface area contributed by atoms with Crippen LogP contribution in [-0.2, 0) is 16.0 Å². The van der Waals surface area contributed by atoms with Crippen molar-refractivity contribution < 1.29 is 21.6 Å². The summed E-state index contributed by atoms with van der Waals surface area (Å²) < 4.78 is 63.6. The summed E-state index contributed by atoms with van der Waals surface area (Å²) in [6.45, 7) is 0. The number of benzene rings is 2. The van der Waals surface area contributed by atoms with Gasteiger partial charge in [-0.3, -0.25) is 0 Å². The van der Waals surface area contributed by atoms with E-state index in [0.717, 1.165) is 12.1 Å². The average Bonchev–Trinajstić information content (AvgIpc) is 2.46. The Balaban J connectivity index is 2.46. The molecule has 0 heterocycles. The SMILES string of the molecule is NC(=S)Nc1ccc(S(=O)(=O)c2ccc(Cl)c(C(F)(F)F)c2)cc1. The van der Waals surface area contributed by atoms with Gasteiger partial charge in [-0.2, -0.15) is 13.2 Å². The van der Waals surface area contributed by atoms with Gasteiger partial charge in [0.05, 0.1) is 20.4 Å². The van der Waals surface area contributed by atoms with Crippen LogP contribution in [0.2, 0.25) is 5.02 Å². The first kappa shape index (κ1) is 18.5. The van der Waals surface area contributed by atoms with E-state index in [1.54, 1.807) is 0 Å². The van der Waals surface area contributed by atoms with Crippen LogP contribution in [0.1, 0.15) is 5.56 Å². The molecule has 0 spiro atoms. The number of alkyl halides is 3. The van der Waals surface area contributed by atoms with E-state index >= 15 is 0 Å². The van der Waals surface area contributed by atoms with Crippen LogP contribution in [0.3, 0.4) is 0 Å². The number of anilines is 1. The third-order valence-corrected chi connectivity index (χ3v) is 5.18. The fourth-order valence-corrected chi connectivity index (χ4v) is 3.51. The van der Waals surface area contributed by atoms with Gasteiger partial charge in [0.1, 0.15) is 0 Å². The molecule has 0 aromatic heterocycles. The summed E-state index contributed by atoms with van der Waals surface area (Å²) in [7, 11) is -4.13. The highest BCUT2D eigenvalue weighted by Crippen LogP contribution is 2.37. The van der Waals surface area contributed by atoms with E-state index < -0.39 is 31.5 Å². The Morgan fingerprint density at radius 1 is 1.08 bits per heavy atom. The van der Waals surface area contributed by atoms with E-state index in [-0.39, 0.29) is 10.0 Å². The number of nitrogens with two attached hydrogens (primary N) is 1. The number of hydrogen-bond donors (Lipinski definition) is 2. The summed E-state index contributed by atoms with van der Waals surface area (Å²) in [5.74, 6) is 0. The van der Waals surface area contributed by atoms with Gasteiger partial charge in [0.15, 0.2) is 5.11 Å². The molecule has 0 saturated heterocycles. The second-order valence-corrected chi connectivity index (χ2v) is 7.45. The molecule has 128 valence electrons. The molecule has 10 heteroatoms. The molecule has 0 saturated carbocycles. The number of rotatable bonds is 3. The summed E-state index contributed by atoms with van der Waals surface area (Å²) in [4.78, 5) is -0.680. The monoisotopic (exact) mass is 394 g/mol. The normalized spacial score (nSPS) is 12.0. The zero-order chi connectivity index (χ0) is 18.1. The predicted molar refractivity (Wildman–Crippen MR) is 88.8 cm³/mol. The lowest BCUT2D eigenvalue weighted by atomic mass is 10.2. The van der Waals surface area contributed by atoms with Crippen molar-refractivity contribution in [1.29, 1.82) is 0 Å². The summed E-state index contributed by atoms with van der Waals surface area (Å²) in [6.07, 6.45) is -4.76. The third kappa shape index (κ3) is 3.97. The van der Waals surface area contributed by atoms with E-state index in [1.807, 2.05) is 0 Å². The maximum absolute atomic E-state index is 12.9. The predicted octanol–water partition coefficient (Wildman–Crippen LogP) is 3.85. The van der Waals surface area contributed by atoms with Crippen LogP contribution >= 0.6 is 23.8 Å². The molecule has 24 heavy (non-hydrogen) atoms. The minimum Gasteiger partial charge on any atom is -0.376 e. The van der Waals surface area contributed by atoms with E-state index in [2.05, 4.69) is 17.5 Å². The highest BCUT2D eigenvalue weighted by atomic mass is 35.5. The summed E-state index contributed by atoms with van der Waals surface area (Å²) in [5, 5.41) is 2.03. The second kappa shape index (κ2) is 6.58. The Morgan fingerprint density at radius 3 is 2.12 bits per heavy atom. The van der Waals surface area contributed by atoms with Crippen LogP contribution in [-0.4, -0.2) is 13.5 Å². The lowest BCUT2D eigenvalue weighted by molar-refractivity contribution is -0.137. The Labute approximate surface area is 146 Å². The largest absolute Gasteiger partial charge is 0.417 e. The summed E-state index contributed by atoms with van der Waals surface area (Å²) in [6, 6.07) is 7.70. The van der Waals surface area contributed by atoms with E-state index in [9.17, 15) is 21.6 Å². The molecule has 0 radical (unpaired) electrons. The Hall–Kier alpha value is -1.84. The zero-order valence-electron chi connectivity index (χ0n) is 11.8. The second-order valence-electron chi connectivity index (χ2n) is 4.66. The van der Waals surface area contributed by atoms with E-state index in [4.69, 9.17) is 17.3 Å². The standard InChI is InChI=1S/C14H10ClF3N2O2S2/c15-12-6-5-10(7-11(12)14(16,17)18)24(21,22)9-3-1-8(2-4-9)20-13(19)23/h1-7H,(H3,19,20,23). The fourth-order valence-electron chi connectivity index (χ4n) is 1.88. The van der Waals surface area contributed by atoms with Crippen molar-refractivity contribution in [2.45, 2.75) is 16.0 Å². The first-order chi connectivity index (χ1) is 11.0. The van der Waals surface area contributed by atoms with Crippen molar-refractivity contribution >= 4 is 44.5 Å². The van der Waals surface area contributed by atoms with Gasteiger partial charge >= 0.3 is 6.18 Å². The Kier molecular flexibility index (Phi) is 5.07. The topological polar surface area (TPSA) is 72.2 Å². The number of nitrogens with one attached hydrogen (secondary N) is 1. The molecule has 0 atom stereocenters. The van der Waals surface area contributed by atoms with Crippen LogP contribution in [0.4, 0.5) is 18.9 Å². The highest BCUT2D eigenvalue weighted by Gasteiger charge is 2.34. The van der Waals surface area contributed by atoms with Crippen molar-refractivity contribution in [2.24, 2.45) is 5.73 Å². The summed E-state index contributed by atoms with van der Waals surface area (Å²) >= 11 is 10.2. The minimum absolute atomic E-state index is 0.00173. The minimum atomic E-state index is -4.76. The van der Waals surface area contributed by atoms with Crippen LogP contribution in [0.5, 0.6) is 0 Å². The zero-order valence-corrected chi connectivity index (χ0v) is 14.2. The lowest BCUT2D eigenvalue weighted by Crippen LogP contribution is -2.18. The molecule has 4 nitrogen and oxygen atoms in total. The van der Waals surface area contributed by atoms with Gasteiger partial charge in [-0.1, -0.05) is 11.6 Å². The van der Waals surface area contributed by atoms with Gasteiger partial charge < -0.3 is 11.1 Å². The molecule has 0 fully saturated rings. The first-order valence-electron chi connectivity index (χ1n) is 6.30. The van der Waals surface area contributed by atoms with Crippen molar-refractivity contribution in [3.8, 4) is 0 Å². The number of sulfone groups is 1. The van der Waals surface area contributed by atoms with E-state index in [0.29, 0.717) is 11.8 Å². The number of hydrogen-bond acceptors (Lipinski definition) is 3. The van der Waals surface area contributed by atoms with Gasteiger partial charge in [0, 0.05) is 5.69 Å². The Morgan fingerprint density at radius 2 is 1.62 bits per heavy atom. The molecule has 2 aromatic rings.